The third-order valence-corrected chi connectivity index (χ3v) is 4.16. The van der Waals surface area contributed by atoms with E-state index < -0.39 is 0 Å². The number of hydrogen-bond donors (Lipinski definition) is 1. The van der Waals surface area contributed by atoms with Gasteiger partial charge in [0.1, 0.15) is 6.10 Å². The van der Waals surface area contributed by atoms with Crippen LogP contribution in [0.4, 0.5) is 0 Å². The number of amides is 1. The Balaban J connectivity index is 1.98. The molecule has 1 unspecified atom stereocenters. The van der Waals surface area contributed by atoms with E-state index in [9.17, 15) is 4.79 Å². The first-order valence-electron chi connectivity index (χ1n) is 5.80. The zero-order valence-electron chi connectivity index (χ0n) is 10.4. The van der Waals surface area contributed by atoms with Gasteiger partial charge in [-0.25, -0.2) is 0 Å². The van der Waals surface area contributed by atoms with Gasteiger partial charge >= 0.3 is 0 Å². The standard InChI is InChI=1S/C14H14BrNO2S/c1-18-13(10-6-7-19-9-10)8-16-14(17)11-4-2-3-5-12(11)15/h2-7,9,13H,8H2,1H3,(H,16,17). The number of nitrogens with one attached hydrogen (secondary N) is 1. The second kappa shape index (κ2) is 6.84. The van der Waals surface area contributed by atoms with Gasteiger partial charge in [-0.15, -0.1) is 0 Å². The molecule has 2 aromatic rings. The molecular weight excluding hydrogens is 326 g/mol. The molecule has 1 aromatic heterocycles. The van der Waals surface area contributed by atoms with Gasteiger partial charge in [0.15, 0.2) is 0 Å². The molecule has 1 amide bonds. The van der Waals surface area contributed by atoms with Crippen LogP contribution in [0.25, 0.3) is 0 Å². The maximum absolute atomic E-state index is 12.1. The third kappa shape index (κ3) is 3.65. The van der Waals surface area contributed by atoms with Crippen molar-refractivity contribution < 1.29 is 9.53 Å². The highest BCUT2D eigenvalue weighted by molar-refractivity contribution is 9.10. The number of methoxy groups -OCH3 is 1. The van der Waals surface area contributed by atoms with Crippen molar-refractivity contribution in [3.05, 3.63) is 56.7 Å². The van der Waals surface area contributed by atoms with Gasteiger partial charge in [-0.1, -0.05) is 12.1 Å². The van der Waals surface area contributed by atoms with E-state index in [1.165, 1.54) is 0 Å². The lowest BCUT2D eigenvalue weighted by atomic mass is 10.2. The van der Waals surface area contributed by atoms with Crippen molar-refractivity contribution in [3.63, 3.8) is 0 Å². The van der Waals surface area contributed by atoms with Gasteiger partial charge in [-0.05, 0) is 50.5 Å². The molecule has 0 saturated heterocycles. The first kappa shape index (κ1) is 14.2. The maximum Gasteiger partial charge on any atom is 0.252 e. The zero-order chi connectivity index (χ0) is 13.7. The number of ether oxygens (including phenoxy) is 1. The Hall–Kier alpha value is -1.17. The SMILES string of the molecule is COC(CNC(=O)c1ccccc1Br)c1ccsc1. The molecular formula is C14H14BrNO2S. The van der Waals surface area contributed by atoms with Crippen LogP contribution in [0.3, 0.4) is 0 Å². The third-order valence-electron chi connectivity index (χ3n) is 2.77. The number of carbonyl (C=O) groups is 1. The topological polar surface area (TPSA) is 38.3 Å². The van der Waals surface area contributed by atoms with Crippen LogP contribution in [0.15, 0.2) is 45.6 Å². The van der Waals surface area contributed by atoms with Crippen LogP contribution in [-0.2, 0) is 4.74 Å². The molecule has 0 aliphatic carbocycles. The van der Waals surface area contributed by atoms with Gasteiger partial charge < -0.3 is 10.1 Å². The predicted molar refractivity (Wildman–Crippen MR) is 80.5 cm³/mol. The van der Waals surface area contributed by atoms with E-state index in [0.717, 1.165) is 10.0 Å². The Kier molecular flexibility index (Phi) is 5.13. The second-order valence-corrected chi connectivity index (χ2v) is 5.61. The fourth-order valence-corrected chi connectivity index (χ4v) is 2.89. The molecule has 5 heteroatoms. The minimum atomic E-state index is -0.113. The molecule has 1 heterocycles. The number of halogens is 1. The number of rotatable bonds is 5. The summed E-state index contributed by atoms with van der Waals surface area (Å²) in [5.41, 5.74) is 1.71. The number of carbonyl (C=O) groups excluding carboxylic acids is 1. The first-order chi connectivity index (χ1) is 9.22. The lowest BCUT2D eigenvalue weighted by Crippen LogP contribution is -2.29. The molecule has 1 N–H and O–H groups in total. The summed E-state index contributed by atoms with van der Waals surface area (Å²) >= 11 is 4.99. The van der Waals surface area contributed by atoms with Crippen LogP contribution in [-0.4, -0.2) is 19.6 Å². The maximum atomic E-state index is 12.1. The van der Waals surface area contributed by atoms with Crippen molar-refractivity contribution >= 4 is 33.2 Å². The molecule has 3 nitrogen and oxygen atoms in total. The van der Waals surface area contributed by atoms with Crippen LogP contribution >= 0.6 is 27.3 Å². The molecule has 0 saturated carbocycles. The summed E-state index contributed by atoms with van der Waals surface area (Å²) in [7, 11) is 1.65. The van der Waals surface area contributed by atoms with Gasteiger partial charge in [0.25, 0.3) is 5.91 Å². The number of thiophene rings is 1. The van der Waals surface area contributed by atoms with Crippen LogP contribution in [0.5, 0.6) is 0 Å². The minimum absolute atomic E-state index is 0.107. The summed E-state index contributed by atoms with van der Waals surface area (Å²) in [5.74, 6) is -0.107. The summed E-state index contributed by atoms with van der Waals surface area (Å²) in [6, 6.07) is 9.35. The molecule has 0 radical (unpaired) electrons. The van der Waals surface area contributed by atoms with E-state index >= 15 is 0 Å². The fraction of sp³-hybridized carbons (Fsp3) is 0.214. The quantitative estimate of drug-likeness (QED) is 0.903. The summed E-state index contributed by atoms with van der Waals surface area (Å²) in [5, 5.41) is 6.91. The summed E-state index contributed by atoms with van der Waals surface area (Å²) < 4.78 is 6.18. The van der Waals surface area contributed by atoms with Crippen LogP contribution in [0.1, 0.15) is 22.0 Å². The lowest BCUT2D eigenvalue weighted by Gasteiger charge is -2.15. The van der Waals surface area contributed by atoms with Crippen molar-refractivity contribution in [3.8, 4) is 0 Å². The van der Waals surface area contributed by atoms with Gasteiger partial charge in [-0.2, -0.15) is 11.3 Å². The number of hydrogen-bond acceptors (Lipinski definition) is 3. The molecule has 0 bridgehead atoms. The summed E-state index contributed by atoms with van der Waals surface area (Å²) in [6.07, 6.45) is -0.113. The van der Waals surface area contributed by atoms with Crippen LogP contribution in [0, 0.1) is 0 Å². The normalized spacial score (nSPS) is 12.1. The average Bonchev–Trinajstić information content (AvgIpc) is 2.94. The Morgan fingerprint density at radius 1 is 1.42 bits per heavy atom. The molecule has 0 spiro atoms. The zero-order valence-corrected chi connectivity index (χ0v) is 12.8. The van der Waals surface area contributed by atoms with Crippen LogP contribution in [0.2, 0.25) is 0 Å². The van der Waals surface area contributed by atoms with Gasteiger partial charge in [0, 0.05) is 18.1 Å². The van der Waals surface area contributed by atoms with E-state index in [-0.39, 0.29) is 12.0 Å². The number of benzene rings is 1. The van der Waals surface area contributed by atoms with E-state index in [1.807, 2.05) is 35.0 Å². The highest BCUT2D eigenvalue weighted by atomic mass is 79.9. The average molecular weight is 340 g/mol. The fourth-order valence-electron chi connectivity index (χ4n) is 1.72. The predicted octanol–water partition coefficient (Wildman–Crippen LogP) is 3.63. The summed E-state index contributed by atoms with van der Waals surface area (Å²) in [4.78, 5) is 12.1. The van der Waals surface area contributed by atoms with Crippen molar-refractivity contribution in [2.75, 3.05) is 13.7 Å². The molecule has 19 heavy (non-hydrogen) atoms. The van der Waals surface area contributed by atoms with E-state index in [4.69, 9.17) is 4.74 Å². The molecule has 2 rings (SSSR count). The summed E-state index contributed by atoms with van der Waals surface area (Å²) in [6.45, 7) is 0.452. The molecule has 0 fully saturated rings. The van der Waals surface area contributed by atoms with Crippen molar-refractivity contribution in [2.24, 2.45) is 0 Å². The van der Waals surface area contributed by atoms with E-state index in [0.29, 0.717) is 12.1 Å². The molecule has 1 aromatic carbocycles. The van der Waals surface area contributed by atoms with Gasteiger partial charge in [0.2, 0.25) is 0 Å². The Bertz CT molecular complexity index is 542. The van der Waals surface area contributed by atoms with Crippen molar-refractivity contribution in [1.82, 2.24) is 5.32 Å². The Morgan fingerprint density at radius 3 is 2.84 bits per heavy atom. The molecule has 0 aliphatic heterocycles. The second-order valence-electron chi connectivity index (χ2n) is 3.97. The van der Waals surface area contributed by atoms with Gasteiger partial charge in [-0.3, -0.25) is 4.79 Å². The van der Waals surface area contributed by atoms with Crippen molar-refractivity contribution in [2.45, 2.75) is 6.10 Å². The molecule has 0 aliphatic rings. The molecule has 100 valence electrons. The highest BCUT2D eigenvalue weighted by Gasteiger charge is 2.14. The Morgan fingerprint density at radius 2 is 2.21 bits per heavy atom. The van der Waals surface area contributed by atoms with Gasteiger partial charge in [0.05, 0.1) is 5.56 Å². The lowest BCUT2D eigenvalue weighted by molar-refractivity contribution is 0.0828. The van der Waals surface area contributed by atoms with Crippen molar-refractivity contribution in [1.29, 1.82) is 0 Å². The first-order valence-corrected chi connectivity index (χ1v) is 7.53. The van der Waals surface area contributed by atoms with E-state index in [2.05, 4.69) is 21.2 Å². The van der Waals surface area contributed by atoms with E-state index in [1.54, 1.807) is 24.5 Å². The Labute approximate surface area is 124 Å². The highest BCUT2D eigenvalue weighted by Crippen LogP contribution is 2.19. The largest absolute Gasteiger partial charge is 0.375 e. The smallest absolute Gasteiger partial charge is 0.252 e. The monoisotopic (exact) mass is 339 g/mol. The molecule has 1 atom stereocenters. The minimum Gasteiger partial charge on any atom is -0.375 e. The van der Waals surface area contributed by atoms with Crippen LogP contribution < -0.4 is 5.32 Å².